The van der Waals surface area contributed by atoms with Gasteiger partial charge in [-0.15, -0.1) is 0 Å². The fourth-order valence-corrected chi connectivity index (χ4v) is 1.85. The van der Waals surface area contributed by atoms with Crippen LogP contribution in [0.25, 0.3) is 0 Å². The third-order valence-corrected chi connectivity index (χ3v) is 2.52. The summed E-state index contributed by atoms with van der Waals surface area (Å²) in [5.74, 6) is -1.76. The number of carboxylic acids is 1. The van der Waals surface area contributed by atoms with Gasteiger partial charge >= 0.3 is 5.97 Å². The quantitative estimate of drug-likeness (QED) is 0.695. The van der Waals surface area contributed by atoms with Gasteiger partial charge in [0.25, 0.3) is 0 Å². The molecule has 0 atom stereocenters. The van der Waals surface area contributed by atoms with E-state index < -0.39 is 12.5 Å². The van der Waals surface area contributed by atoms with Crippen molar-refractivity contribution in [3.05, 3.63) is 0 Å². The number of carbonyl (C=O) groups excluding carboxylic acids is 2. The van der Waals surface area contributed by atoms with Crippen molar-refractivity contribution in [2.75, 3.05) is 6.54 Å². The van der Waals surface area contributed by atoms with Crippen LogP contribution in [0.4, 0.5) is 0 Å². The summed E-state index contributed by atoms with van der Waals surface area (Å²) < 4.78 is 0. The highest BCUT2D eigenvalue weighted by Gasteiger charge is 2.32. The molecule has 1 saturated heterocycles. The molecule has 5 heteroatoms. The molecule has 1 aliphatic rings. The number of imide groups is 1. The summed E-state index contributed by atoms with van der Waals surface area (Å²) in [6.07, 6.45) is 2.38. The van der Waals surface area contributed by atoms with E-state index in [1.165, 1.54) is 0 Å². The van der Waals surface area contributed by atoms with Crippen LogP contribution < -0.4 is 0 Å². The molecule has 0 spiro atoms. The molecule has 0 bridgehead atoms. The van der Waals surface area contributed by atoms with Crippen molar-refractivity contribution in [1.29, 1.82) is 0 Å². The standard InChI is InChI=1S/C10H15NO4/c1-2-3-7-4-8(12)11(6-10(14)15)9(13)5-7/h7H,2-6H2,1H3,(H,14,15). The van der Waals surface area contributed by atoms with Crippen LogP contribution in [0.15, 0.2) is 0 Å². The highest BCUT2D eigenvalue weighted by molar-refractivity contribution is 6.00. The zero-order valence-electron chi connectivity index (χ0n) is 8.73. The summed E-state index contributed by atoms with van der Waals surface area (Å²) in [6.45, 7) is 1.50. The highest BCUT2D eigenvalue weighted by Crippen LogP contribution is 2.23. The van der Waals surface area contributed by atoms with Crippen LogP contribution >= 0.6 is 0 Å². The lowest BCUT2D eigenvalue weighted by Crippen LogP contribution is -2.45. The van der Waals surface area contributed by atoms with Crippen LogP contribution in [0, 0.1) is 5.92 Å². The maximum absolute atomic E-state index is 11.5. The average Bonchev–Trinajstić information content (AvgIpc) is 2.11. The molecular weight excluding hydrogens is 198 g/mol. The van der Waals surface area contributed by atoms with Crippen LogP contribution in [-0.4, -0.2) is 34.3 Å². The largest absolute Gasteiger partial charge is 0.480 e. The van der Waals surface area contributed by atoms with E-state index in [1.807, 2.05) is 6.92 Å². The van der Waals surface area contributed by atoms with E-state index in [1.54, 1.807) is 0 Å². The molecule has 1 N–H and O–H groups in total. The first-order valence-corrected chi connectivity index (χ1v) is 5.09. The van der Waals surface area contributed by atoms with Gasteiger partial charge in [0, 0.05) is 12.8 Å². The summed E-state index contributed by atoms with van der Waals surface area (Å²) in [6, 6.07) is 0. The number of carboxylic acid groups (broad SMARTS) is 1. The number of likely N-dealkylation sites (tertiary alicyclic amines) is 1. The van der Waals surface area contributed by atoms with Crippen molar-refractivity contribution < 1.29 is 19.5 Å². The second kappa shape index (κ2) is 4.91. The summed E-state index contributed by atoms with van der Waals surface area (Å²) >= 11 is 0. The molecule has 1 rings (SSSR count). The van der Waals surface area contributed by atoms with Gasteiger partial charge in [-0.05, 0) is 12.3 Å². The molecular formula is C10H15NO4. The summed E-state index contributed by atoms with van der Waals surface area (Å²) in [7, 11) is 0. The minimum Gasteiger partial charge on any atom is -0.480 e. The number of aliphatic carboxylic acids is 1. The molecule has 0 aliphatic carbocycles. The van der Waals surface area contributed by atoms with Gasteiger partial charge in [0.05, 0.1) is 0 Å². The van der Waals surface area contributed by atoms with Gasteiger partial charge in [0.2, 0.25) is 11.8 Å². The van der Waals surface area contributed by atoms with Crippen LogP contribution in [0.5, 0.6) is 0 Å². The van der Waals surface area contributed by atoms with E-state index in [2.05, 4.69) is 0 Å². The molecule has 84 valence electrons. The number of carbonyl (C=O) groups is 3. The number of rotatable bonds is 4. The first-order chi connectivity index (χ1) is 7.04. The first-order valence-electron chi connectivity index (χ1n) is 5.09. The highest BCUT2D eigenvalue weighted by atomic mass is 16.4. The Labute approximate surface area is 88.1 Å². The molecule has 0 saturated carbocycles. The minimum atomic E-state index is -1.15. The molecule has 15 heavy (non-hydrogen) atoms. The third kappa shape index (κ3) is 3.04. The topological polar surface area (TPSA) is 74.7 Å². The molecule has 1 aliphatic heterocycles. The third-order valence-electron chi connectivity index (χ3n) is 2.52. The van der Waals surface area contributed by atoms with Gasteiger partial charge in [0.1, 0.15) is 6.54 Å². The molecule has 1 heterocycles. The second-order valence-electron chi connectivity index (χ2n) is 3.83. The predicted molar refractivity (Wildman–Crippen MR) is 52.0 cm³/mol. The SMILES string of the molecule is CCCC1CC(=O)N(CC(=O)O)C(=O)C1. The van der Waals surface area contributed by atoms with Crippen molar-refractivity contribution in [1.82, 2.24) is 4.90 Å². The van der Waals surface area contributed by atoms with E-state index >= 15 is 0 Å². The fourth-order valence-electron chi connectivity index (χ4n) is 1.85. The van der Waals surface area contributed by atoms with Crippen molar-refractivity contribution in [3.8, 4) is 0 Å². The second-order valence-corrected chi connectivity index (χ2v) is 3.83. The van der Waals surface area contributed by atoms with Crippen molar-refractivity contribution in [2.45, 2.75) is 32.6 Å². The van der Waals surface area contributed by atoms with Gasteiger partial charge in [0.15, 0.2) is 0 Å². The Morgan fingerprint density at radius 3 is 2.33 bits per heavy atom. The van der Waals surface area contributed by atoms with E-state index in [9.17, 15) is 14.4 Å². The van der Waals surface area contributed by atoms with Gasteiger partial charge in [-0.1, -0.05) is 13.3 Å². The minimum absolute atomic E-state index is 0.0973. The van der Waals surface area contributed by atoms with Crippen molar-refractivity contribution >= 4 is 17.8 Å². The number of hydrogen-bond acceptors (Lipinski definition) is 3. The van der Waals surface area contributed by atoms with E-state index in [4.69, 9.17) is 5.11 Å². The van der Waals surface area contributed by atoms with Crippen LogP contribution in [0.1, 0.15) is 32.6 Å². The Morgan fingerprint density at radius 1 is 1.40 bits per heavy atom. The average molecular weight is 213 g/mol. The Morgan fingerprint density at radius 2 is 1.93 bits per heavy atom. The van der Waals surface area contributed by atoms with E-state index in [0.717, 1.165) is 17.7 Å². The number of piperidine rings is 1. The van der Waals surface area contributed by atoms with Crippen molar-refractivity contribution in [2.24, 2.45) is 5.92 Å². The first kappa shape index (κ1) is 11.7. The fraction of sp³-hybridized carbons (Fsp3) is 0.700. The molecule has 0 aromatic carbocycles. The van der Waals surface area contributed by atoms with Crippen LogP contribution in [-0.2, 0) is 14.4 Å². The zero-order chi connectivity index (χ0) is 11.4. The summed E-state index contributed by atoms with van der Waals surface area (Å²) in [4.78, 5) is 34.2. The number of nitrogens with zero attached hydrogens (tertiary/aromatic N) is 1. The number of hydrogen-bond donors (Lipinski definition) is 1. The smallest absolute Gasteiger partial charge is 0.323 e. The molecule has 0 unspecified atom stereocenters. The lowest BCUT2D eigenvalue weighted by molar-refractivity contribution is -0.156. The van der Waals surface area contributed by atoms with Gasteiger partial charge < -0.3 is 5.11 Å². The van der Waals surface area contributed by atoms with Crippen LogP contribution in [0.2, 0.25) is 0 Å². The predicted octanol–water partition coefficient (Wildman–Crippen LogP) is 0.636. The normalized spacial score (nSPS) is 18.3. The van der Waals surface area contributed by atoms with E-state index in [0.29, 0.717) is 12.8 Å². The molecule has 0 aromatic heterocycles. The lowest BCUT2D eigenvalue weighted by atomic mass is 9.91. The molecule has 0 aromatic rings. The summed E-state index contributed by atoms with van der Waals surface area (Å²) in [5.41, 5.74) is 0. The van der Waals surface area contributed by atoms with Crippen LogP contribution in [0.3, 0.4) is 0 Å². The Hall–Kier alpha value is -1.39. The van der Waals surface area contributed by atoms with Gasteiger partial charge in [-0.3, -0.25) is 19.3 Å². The maximum atomic E-state index is 11.5. The molecule has 1 fully saturated rings. The summed E-state index contributed by atoms with van der Waals surface area (Å²) in [5, 5.41) is 8.52. The Kier molecular flexibility index (Phi) is 3.82. The zero-order valence-corrected chi connectivity index (χ0v) is 8.73. The lowest BCUT2D eigenvalue weighted by Gasteiger charge is -2.28. The van der Waals surface area contributed by atoms with Gasteiger partial charge in [-0.25, -0.2) is 0 Å². The molecule has 5 nitrogen and oxygen atoms in total. The maximum Gasteiger partial charge on any atom is 0.323 e. The molecule has 2 amide bonds. The Balaban J connectivity index is 2.60. The number of amides is 2. The monoisotopic (exact) mass is 213 g/mol. The Bertz CT molecular complexity index is 269. The van der Waals surface area contributed by atoms with Gasteiger partial charge in [-0.2, -0.15) is 0 Å². The van der Waals surface area contributed by atoms with E-state index in [-0.39, 0.29) is 17.7 Å². The molecule has 0 radical (unpaired) electrons. The van der Waals surface area contributed by atoms with Crippen molar-refractivity contribution in [3.63, 3.8) is 0 Å².